The molecule has 1 fully saturated rings. The molecule has 2 rings (SSSR count). The van der Waals surface area contributed by atoms with E-state index in [2.05, 4.69) is 22.1 Å². The van der Waals surface area contributed by atoms with Crippen LogP contribution in [0.4, 0.5) is 0 Å². The van der Waals surface area contributed by atoms with Crippen LogP contribution in [0.5, 0.6) is 0 Å². The minimum Gasteiger partial charge on any atom is -0.320 e. The van der Waals surface area contributed by atoms with Gasteiger partial charge in [-0.2, -0.15) is 0 Å². The Balaban J connectivity index is 2.33. The molecule has 0 aromatic carbocycles. The first-order valence-corrected chi connectivity index (χ1v) is 6.50. The Morgan fingerprint density at radius 2 is 2.00 bits per heavy atom. The molecule has 0 radical (unpaired) electrons. The summed E-state index contributed by atoms with van der Waals surface area (Å²) in [5.74, 6) is -1.37. The molecule has 112 valence electrons. The Morgan fingerprint density at radius 1 is 1.33 bits per heavy atom. The molecule has 1 aromatic heterocycles. The van der Waals surface area contributed by atoms with Crippen LogP contribution in [0.15, 0.2) is 18.4 Å². The molecule has 1 aliphatic heterocycles. The Morgan fingerprint density at radius 3 is 2.48 bits per heavy atom. The van der Waals surface area contributed by atoms with Crippen molar-refractivity contribution in [1.82, 2.24) is 20.4 Å². The molecule has 0 spiro atoms. The van der Waals surface area contributed by atoms with Gasteiger partial charge < -0.3 is 10.4 Å². The van der Waals surface area contributed by atoms with E-state index in [1.54, 1.807) is 6.08 Å². The summed E-state index contributed by atoms with van der Waals surface area (Å²) in [5, 5.41) is 8.30. The molecule has 1 aliphatic rings. The van der Waals surface area contributed by atoms with Crippen molar-refractivity contribution >= 4 is 23.8 Å². The number of nitrogens with zero attached hydrogens (tertiary/aromatic N) is 1. The van der Waals surface area contributed by atoms with E-state index in [0.717, 1.165) is 10.6 Å². The van der Waals surface area contributed by atoms with Crippen molar-refractivity contribution in [3.63, 3.8) is 0 Å². The van der Waals surface area contributed by atoms with E-state index in [9.17, 15) is 14.4 Å². The summed E-state index contributed by atoms with van der Waals surface area (Å²) in [7, 11) is 0. The lowest BCUT2D eigenvalue weighted by Gasteiger charge is -2.28. The van der Waals surface area contributed by atoms with E-state index in [4.69, 9.17) is 0 Å². The average molecular weight is 290 g/mol. The topological polar surface area (TPSA) is 98.1 Å². The molecule has 0 unspecified atom stereocenters. The number of hydrogen-bond donors (Lipinski definition) is 3. The third-order valence-corrected chi connectivity index (χ3v) is 3.47. The molecule has 21 heavy (non-hydrogen) atoms. The minimum absolute atomic E-state index is 0.0720. The summed E-state index contributed by atoms with van der Waals surface area (Å²) in [6, 6.07) is 0. The third kappa shape index (κ3) is 2.67. The Kier molecular flexibility index (Phi) is 3.59. The van der Waals surface area contributed by atoms with Gasteiger partial charge in [0.25, 0.3) is 5.91 Å². The van der Waals surface area contributed by atoms with Crippen LogP contribution < -0.4 is 5.32 Å². The van der Waals surface area contributed by atoms with Gasteiger partial charge in [0.05, 0.1) is 11.4 Å². The molecule has 7 heteroatoms. The zero-order chi connectivity index (χ0) is 15.8. The molecule has 3 N–H and O–H groups in total. The van der Waals surface area contributed by atoms with Crippen LogP contribution in [0.3, 0.4) is 0 Å². The monoisotopic (exact) mass is 290 g/mol. The molecule has 0 bridgehead atoms. The molecule has 2 heterocycles. The summed E-state index contributed by atoms with van der Waals surface area (Å²) < 4.78 is 0. The SMILES string of the molecule is C=CC(C)(C)c1[nH][nH]c1/C=C1\NC(=O)CN(C(C)=O)C1=O. The summed E-state index contributed by atoms with van der Waals surface area (Å²) in [4.78, 5) is 36.0. The Labute approximate surface area is 122 Å². The summed E-state index contributed by atoms with van der Waals surface area (Å²) >= 11 is 0. The predicted molar refractivity (Wildman–Crippen MR) is 76.9 cm³/mol. The van der Waals surface area contributed by atoms with Crippen LogP contribution in [-0.4, -0.2) is 39.4 Å². The zero-order valence-electron chi connectivity index (χ0n) is 12.2. The average Bonchev–Trinajstić information content (AvgIpc) is 2.37. The summed E-state index contributed by atoms with van der Waals surface area (Å²) in [6.07, 6.45) is 3.30. The highest BCUT2D eigenvalue weighted by molar-refractivity contribution is 6.12. The number of carbonyl (C=O) groups is 3. The fourth-order valence-electron chi connectivity index (χ4n) is 2.02. The molecular weight excluding hydrogens is 272 g/mol. The van der Waals surface area contributed by atoms with E-state index in [1.165, 1.54) is 13.0 Å². The van der Waals surface area contributed by atoms with Crippen molar-refractivity contribution in [3.05, 3.63) is 29.7 Å². The lowest BCUT2D eigenvalue weighted by atomic mass is 9.87. The molecular formula is C14H18N4O3. The molecule has 1 saturated heterocycles. The first kappa shape index (κ1) is 14.8. The normalized spacial score (nSPS) is 18.0. The highest BCUT2D eigenvalue weighted by atomic mass is 16.2. The van der Waals surface area contributed by atoms with Crippen LogP contribution in [0.1, 0.15) is 32.2 Å². The van der Waals surface area contributed by atoms with Crippen LogP contribution in [0.25, 0.3) is 6.08 Å². The van der Waals surface area contributed by atoms with Gasteiger partial charge in [-0.1, -0.05) is 19.9 Å². The van der Waals surface area contributed by atoms with Gasteiger partial charge in [-0.05, 0) is 6.08 Å². The maximum atomic E-state index is 12.1. The number of hydrogen-bond acceptors (Lipinski definition) is 3. The Hall–Kier alpha value is -2.57. The second kappa shape index (κ2) is 5.08. The number of piperazine rings is 1. The lowest BCUT2D eigenvalue weighted by molar-refractivity contribution is -0.147. The molecule has 7 nitrogen and oxygen atoms in total. The lowest BCUT2D eigenvalue weighted by Crippen LogP contribution is -2.51. The third-order valence-electron chi connectivity index (χ3n) is 3.47. The number of allylic oxidation sites excluding steroid dienone is 1. The van der Waals surface area contributed by atoms with E-state index in [0.29, 0.717) is 5.69 Å². The molecule has 1 aromatic rings. The van der Waals surface area contributed by atoms with Gasteiger partial charge in [-0.25, -0.2) is 0 Å². The second-order valence-electron chi connectivity index (χ2n) is 5.48. The van der Waals surface area contributed by atoms with Gasteiger partial charge in [-0.3, -0.25) is 24.4 Å². The van der Waals surface area contributed by atoms with Crippen molar-refractivity contribution in [1.29, 1.82) is 0 Å². The van der Waals surface area contributed by atoms with Crippen LogP contribution >= 0.6 is 0 Å². The zero-order valence-corrected chi connectivity index (χ0v) is 12.2. The number of nitrogens with one attached hydrogen (secondary N) is 3. The van der Waals surface area contributed by atoms with Crippen molar-refractivity contribution < 1.29 is 14.4 Å². The smallest absolute Gasteiger partial charge is 0.277 e. The number of rotatable bonds is 3. The number of amides is 3. The van der Waals surface area contributed by atoms with Crippen LogP contribution in [0, 0.1) is 0 Å². The van der Waals surface area contributed by atoms with Gasteiger partial charge in [0.1, 0.15) is 12.2 Å². The quantitative estimate of drug-likeness (QED) is 0.563. The number of aromatic amines is 2. The van der Waals surface area contributed by atoms with E-state index in [1.807, 2.05) is 13.8 Å². The first-order chi connectivity index (χ1) is 9.76. The fourth-order valence-corrected chi connectivity index (χ4v) is 2.02. The van der Waals surface area contributed by atoms with E-state index < -0.39 is 17.7 Å². The standard InChI is InChI=1S/C14H18N4O3/c1-5-14(3,4)12-9(16-17-12)6-10-13(21)18(8(2)19)7-11(20)15-10/h5-6,16-17H,1,7H2,2-4H3,(H,15,20)/b10-6-. The molecule has 0 saturated carbocycles. The molecule has 0 atom stereocenters. The van der Waals surface area contributed by atoms with Gasteiger partial charge in [0.15, 0.2) is 0 Å². The van der Waals surface area contributed by atoms with Gasteiger partial charge in [-0.15, -0.1) is 6.58 Å². The van der Waals surface area contributed by atoms with Crippen LogP contribution in [-0.2, 0) is 19.8 Å². The largest absolute Gasteiger partial charge is 0.320 e. The number of aromatic nitrogens is 2. The summed E-state index contributed by atoms with van der Waals surface area (Å²) in [6.45, 7) is 8.70. The van der Waals surface area contributed by atoms with E-state index >= 15 is 0 Å². The van der Waals surface area contributed by atoms with Gasteiger partial charge in [0, 0.05) is 12.3 Å². The number of H-pyrrole nitrogens is 2. The van der Waals surface area contributed by atoms with Gasteiger partial charge in [0.2, 0.25) is 11.8 Å². The highest BCUT2D eigenvalue weighted by Gasteiger charge is 2.32. The maximum Gasteiger partial charge on any atom is 0.277 e. The van der Waals surface area contributed by atoms with Crippen molar-refractivity contribution in [2.45, 2.75) is 26.2 Å². The predicted octanol–water partition coefficient (Wildman–Crippen LogP) is 0.652. The van der Waals surface area contributed by atoms with Crippen LogP contribution in [0.2, 0.25) is 0 Å². The summed E-state index contributed by atoms with van der Waals surface area (Å²) in [5.41, 5.74) is 1.29. The van der Waals surface area contributed by atoms with E-state index in [-0.39, 0.29) is 17.7 Å². The van der Waals surface area contributed by atoms with Crippen molar-refractivity contribution in [3.8, 4) is 0 Å². The van der Waals surface area contributed by atoms with Crippen molar-refractivity contribution in [2.75, 3.05) is 6.54 Å². The van der Waals surface area contributed by atoms with Gasteiger partial charge >= 0.3 is 0 Å². The minimum atomic E-state index is -0.515. The second-order valence-corrected chi connectivity index (χ2v) is 5.48. The Bertz CT molecular complexity index is 648. The fraction of sp³-hybridized carbons (Fsp3) is 0.357. The van der Waals surface area contributed by atoms with Crippen molar-refractivity contribution in [2.24, 2.45) is 0 Å². The molecule has 3 amide bonds. The highest BCUT2D eigenvalue weighted by Crippen LogP contribution is 2.27. The maximum absolute atomic E-state index is 12.1. The first-order valence-electron chi connectivity index (χ1n) is 6.50. The number of imide groups is 1. The molecule has 0 aliphatic carbocycles. The number of carbonyl (C=O) groups excluding carboxylic acids is 3.